The molecule has 0 fully saturated rings. The van der Waals surface area contributed by atoms with Gasteiger partial charge in [-0.3, -0.25) is 10.2 Å². The number of hydrazine groups is 1. The molecule has 0 unspecified atom stereocenters. The van der Waals surface area contributed by atoms with Gasteiger partial charge < -0.3 is 4.74 Å². The minimum Gasteiger partial charge on any atom is -0.486 e. The number of nitrogens with one attached hydrogen (secondary N) is 1. The summed E-state index contributed by atoms with van der Waals surface area (Å²) >= 11 is 4.50. The smallest absolute Gasteiger partial charge is 0.275 e. The molecule has 106 valence electrons. The van der Waals surface area contributed by atoms with Crippen molar-refractivity contribution in [1.29, 1.82) is 0 Å². The zero-order valence-corrected chi connectivity index (χ0v) is 13.0. The first kappa shape index (κ1) is 15.0. The molecule has 0 bridgehead atoms. The molecule has 3 N–H and O–H groups in total. The van der Waals surface area contributed by atoms with Crippen molar-refractivity contribution in [2.45, 2.75) is 13.5 Å². The number of thiophene rings is 1. The summed E-state index contributed by atoms with van der Waals surface area (Å²) in [5.74, 6) is 4.47. The van der Waals surface area contributed by atoms with E-state index in [4.69, 9.17) is 10.6 Å². The fourth-order valence-electron chi connectivity index (χ4n) is 1.59. The maximum atomic E-state index is 13.6. The third-order valence-corrected chi connectivity index (χ3v) is 4.24. The maximum Gasteiger partial charge on any atom is 0.275 e. The van der Waals surface area contributed by atoms with E-state index in [1.54, 1.807) is 18.2 Å². The summed E-state index contributed by atoms with van der Waals surface area (Å²) in [6, 6.07) is 6.28. The number of ether oxygens (including phenoxy) is 1. The van der Waals surface area contributed by atoms with Gasteiger partial charge in [-0.05, 0) is 31.2 Å². The second kappa shape index (κ2) is 6.34. The zero-order valence-electron chi connectivity index (χ0n) is 10.6. The normalized spacial score (nSPS) is 10.4. The van der Waals surface area contributed by atoms with E-state index in [1.165, 1.54) is 17.4 Å². The van der Waals surface area contributed by atoms with Crippen molar-refractivity contribution in [1.82, 2.24) is 5.43 Å². The van der Waals surface area contributed by atoms with Crippen LogP contribution in [0.3, 0.4) is 0 Å². The number of nitrogens with two attached hydrogens (primary N) is 1. The lowest BCUT2D eigenvalue weighted by Crippen LogP contribution is -2.29. The number of nitrogen functional groups attached to an aromatic ring is 1. The number of hydrogen-bond acceptors (Lipinski definition) is 4. The highest BCUT2D eigenvalue weighted by Gasteiger charge is 2.12. The molecular weight excluding hydrogens is 347 g/mol. The molecule has 0 aliphatic carbocycles. The second-order valence-corrected chi connectivity index (χ2v) is 6.20. The van der Waals surface area contributed by atoms with Crippen molar-refractivity contribution in [3.63, 3.8) is 0 Å². The lowest BCUT2D eigenvalue weighted by molar-refractivity contribution is 0.0957. The monoisotopic (exact) mass is 358 g/mol. The number of rotatable bonds is 4. The van der Waals surface area contributed by atoms with Crippen LogP contribution >= 0.6 is 27.3 Å². The molecule has 7 heteroatoms. The first-order chi connectivity index (χ1) is 9.51. The van der Waals surface area contributed by atoms with Crippen LogP contribution in [0.2, 0.25) is 0 Å². The van der Waals surface area contributed by atoms with Crippen LogP contribution in [0.5, 0.6) is 5.75 Å². The van der Waals surface area contributed by atoms with Crippen molar-refractivity contribution < 1.29 is 13.9 Å². The number of amides is 1. The van der Waals surface area contributed by atoms with Crippen molar-refractivity contribution >= 4 is 33.2 Å². The van der Waals surface area contributed by atoms with Gasteiger partial charge in [-0.25, -0.2) is 10.2 Å². The van der Waals surface area contributed by atoms with Gasteiger partial charge >= 0.3 is 0 Å². The molecule has 2 rings (SSSR count). The van der Waals surface area contributed by atoms with Gasteiger partial charge in [0.15, 0.2) is 11.6 Å². The van der Waals surface area contributed by atoms with E-state index in [0.29, 0.717) is 9.35 Å². The Balaban J connectivity index is 2.11. The highest BCUT2D eigenvalue weighted by Crippen LogP contribution is 2.25. The van der Waals surface area contributed by atoms with E-state index < -0.39 is 5.82 Å². The molecule has 1 aromatic heterocycles. The SMILES string of the molecule is Cc1sc(C(=O)NN)cc1COc1ccc(Br)cc1F. The van der Waals surface area contributed by atoms with Gasteiger partial charge in [0.2, 0.25) is 0 Å². The van der Waals surface area contributed by atoms with E-state index in [0.717, 1.165) is 10.4 Å². The van der Waals surface area contributed by atoms with Crippen LogP contribution < -0.4 is 16.0 Å². The highest BCUT2D eigenvalue weighted by molar-refractivity contribution is 9.10. The van der Waals surface area contributed by atoms with Gasteiger partial charge in [-0.15, -0.1) is 11.3 Å². The van der Waals surface area contributed by atoms with E-state index in [2.05, 4.69) is 21.4 Å². The lowest BCUT2D eigenvalue weighted by Gasteiger charge is -2.07. The second-order valence-electron chi connectivity index (χ2n) is 4.03. The van der Waals surface area contributed by atoms with Crippen LogP contribution in [-0.2, 0) is 6.61 Å². The first-order valence-corrected chi connectivity index (χ1v) is 7.30. The predicted molar refractivity (Wildman–Crippen MR) is 79.1 cm³/mol. The highest BCUT2D eigenvalue weighted by atomic mass is 79.9. The molecule has 0 saturated carbocycles. The summed E-state index contributed by atoms with van der Waals surface area (Å²) in [7, 11) is 0. The molecule has 20 heavy (non-hydrogen) atoms. The molecular formula is C13H12BrFN2O2S. The third-order valence-electron chi connectivity index (χ3n) is 2.65. The summed E-state index contributed by atoms with van der Waals surface area (Å²) in [5, 5.41) is 0. The van der Waals surface area contributed by atoms with Crippen LogP contribution in [-0.4, -0.2) is 5.91 Å². The Hall–Kier alpha value is -1.44. The van der Waals surface area contributed by atoms with E-state index in [9.17, 15) is 9.18 Å². The average Bonchev–Trinajstić information content (AvgIpc) is 2.78. The maximum absolute atomic E-state index is 13.6. The van der Waals surface area contributed by atoms with Gasteiger partial charge in [0, 0.05) is 14.9 Å². The largest absolute Gasteiger partial charge is 0.486 e. The number of aryl methyl sites for hydroxylation is 1. The number of halogens is 2. The Morgan fingerprint density at radius 2 is 2.25 bits per heavy atom. The zero-order chi connectivity index (χ0) is 14.7. The van der Waals surface area contributed by atoms with Crippen LogP contribution in [0.15, 0.2) is 28.7 Å². The van der Waals surface area contributed by atoms with Gasteiger partial charge in [-0.2, -0.15) is 0 Å². The lowest BCUT2D eigenvalue weighted by atomic mass is 10.2. The summed E-state index contributed by atoms with van der Waals surface area (Å²) in [6.07, 6.45) is 0. The van der Waals surface area contributed by atoms with Crippen molar-refractivity contribution in [3.05, 3.63) is 49.9 Å². The topological polar surface area (TPSA) is 64.4 Å². The Labute approximate surface area is 127 Å². The van der Waals surface area contributed by atoms with E-state index >= 15 is 0 Å². The Morgan fingerprint density at radius 1 is 1.50 bits per heavy atom. The van der Waals surface area contributed by atoms with Crippen LogP contribution in [0.1, 0.15) is 20.1 Å². The van der Waals surface area contributed by atoms with Crippen LogP contribution in [0.25, 0.3) is 0 Å². The van der Waals surface area contributed by atoms with Crippen LogP contribution in [0.4, 0.5) is 4.39 Å². The minimum absolute atomic E-state index is 0.170. The molecule has 1 heterocycles. The van der Waals surface area contributed by atoms with Crippen molar-refractivity contribution in [2.24, 2.45) is 5.84 Å². The van der Waals surface area contributed by atoms with Gasteiger partial charge in [0.25, 0.3) is 5.91 Å². The summed E-state index contributed by atoms with van der Waals surface area (Å²) in [4.78, 5) is 12.8. The number of benzene rings is 1. The molecule has 2 aromatic rings. The third kappa shape index (κ3) is 3.36. The standard InChI is InChI=1S/C13H12BrFN2O2S/c1-7-8(4-12(20-7)13(18)17-16)6-19-11-3-2-9(14)5-10(11)15/h2-5H,6,16H2,1H3,(H,17,18). The molecule has 1 aromatic carbocycles. The molecule has 0 aliphatic heterocycles. The number of carbonyl (C=O) groups is 1. The molecule has 0 radical (unpaired) electrons. The van der Waals surface area contributed by atoms with Crippen molar-refractivity contribution in [2.75, 3.05) is 0 Å². The van der Waals surface area contributed by atoms with E-state index in [-0.39, 0.29) is 18.3 Å². The average molecular weight is 359 g/mol. The molecule has 0 saturated heterocycles. The fourth-order valence-corrected chi connectivity index (χ4v) is 2.86. The van der Waals surface area contributed by atoms with Gasteiger partial charge in [0.1, 0.15) is 6.61 Å². The summed E-state index contributed by atoms with van der Waals surface area (Å²) in [5.41, 5.74) is 2.91. The minimum atomic E-state index is -0.438. The van der Waals surface area contributed by atoms with E-state index in [1.807, 2.05) is 6.92 Å². The summed E-state index contributed by atoms with van der Waals surface area (Å²) < 4.78 is 19.7. The van der Waals surface area contributed by atoms with Crippen LogP contribution in [0, 0.1) is 12.7 Å². The Morgan fingerprint density at radius 3 is 2.90 bits per heavy atom. The Kier molecular flexibility index (Phi) is 4.74. The molecule has 0 aliphatic rings. The van der Waals surface area contributed by atoms with Gasteiger partial charge in [-0.1, -0.05) is 15.9 Å². The van der Waals surface area contributed by atoms with Crippen molar-refractivity contribution in [3.8, 4) is 5.75 Å². The summed E-state index contributed by atoms with van der Waals surface area (Å²) in [6.45, 7) is 2.06. The quantitative estimate of drug-likeness (QED) is 0.501. The molecule has 0 spiro atoms. The number of carbonyl (C=O) groups excluding carboxylic acids is 1. The molecule has 4 nitrogen and oxygen atoms in total. The first-order valence-electron chi connectivity index (χ1n) is 5.69. The number of hydrogen-bond donors (Lipinski definition) is 2. The predicted octanol–water partition coefficient (Wildman–Crippen LogP) is 3.14. The fraction of sp³-hybridized carbons (Fsp3) is 0.154. The van der Waals surface area contributed by atoms with Gasteiger partial charge in [0.05, 0.1) is 4.88 Å². The Bertz CT molecular complexity index is 645. The molecule has 0 atom stereocenters. The molecule has 1 amide bonds.